The Morgan fingerprint density at radius 2 is 1.65 bits per heavy atom. The van der Waals surface area contributed by atoms with Crippen molar-refractivity contribution in [3.8, 4) is 17.2 Å². The number of rotatable bonds is 5. The number of aromatic nitrogens is 1. The molecule has 5 aromatic rings. The molecular formula is C26H16BrClN4O2. The first-order chi connectivity index (χ1) is 16.5. The van der Waals surface area contributed by atoms with Gasteiger partial charge in [0.25, 0.3) is 0 Å². The van der Waals surface area contributed by atoms with Crippen LogP contribution in [0.15, 0.2) is 109 Å². The first-order valence-electron chi connectivity index (χ1n) is 10.2. The number of benzene rings is 4. The first-order valence-corrected chi connectivity index (χ1v) is 11.4. The molecule has 1 N–H and O–H groups in total. The maximum atomic E-state index is 10.2. The topological polar surface area (TPSA) is 83.3 Å². The van der Waals surface area contributed by atoms with Crippen molar-refractivity contribution in [2.45, 2.75) is 0 Å². The minimum absolute atomic E-state index is 0.0872. The molecule has 0 aliphatic carbocycles. The predicted octanol–water partition coefficient (Wildman–Crippen LogP) is 8.78. The van der Waals surface area contributed by atoms with Crippen LogP contribution in [0.3, 0.4) is 0 Å². The van der Waals surface area contributed by atoms with E-state index in [4.69, 9.17) is 16.0 Å². The SMILES string of the molecule is Oc1ccc(N=Nc2cccc(Cl)c2)cc1C=Nc1ccc2oc(-c3ccccc3Br)nc2c1. The van der Waals surface area contributed by atoms with Crippen LogP contribution in [0.2, 0.25) is 5.02 Å². The van der Waals surface area contributed by atoms with Gasteiger partial charge in [0.1, 0.15) is 11.3 Å². The highest BCUT2D eigenvalue weighted by Crippen LogP contribution is 2.32. The van der Waals surface area contributed by atoms with Gasteiger partial charge in [-0.1, -0.05) is 29.8 Å². The van der Waals surface area contributed by atoms with E-state index in [0.29, 0.717) is 44.6 Å². The molecule has 0 spiro atoms. The van der Waals surface area contributed by atoms with Crippen molar-refractivity contribution in [1.82, 2.24) is 4.98 Å². The second-order valence-corrected chi connectivity index (χ2v) is 8.62. The van der Waals surface area contributed by atoms with Crippen LogP contribution >= 0.6 is 27.5 Å². The van der Waals surface area contributed by atoms with Crippen molar-refractivity contribution < 1.29 is 9.52 Å². The molecule has 1 heterocycles. The van der Waals surface area contributed by atoms with Crippen LogP contribution < -0.4 is 0 Å². The molecule has 5 rings (SSSR count). The number of aromatic hydroxyl groups is 1. The van der Waals surface area contributed by atoms with E-state index in [9.17, 15) is 5.11 Å². The van der Waals surface area contributed by atoms with Crippen molar-refractivity contribution >= 4 is 61.9 Å². The standard InChI is InChI=1S/C26H16BrClN4O2/c27-22-7-2-1-6-21(22)26-30-23-14-18(9-11-25(23)34-26)29-15-16-12-20(8-10-24(16)33)32-31-19-5-3-4-17(28)13-19/h1-15,33H. The van der Waals surface area contributed by atoms with Gasteiger partial charge in [0.05, 0.1) is 22.6 Å². The molecule has 166 valence electrons. The number of nitrogens with zero attached hydrogens (tertiary/aromatic N) is 4. The summed E-state index contributed by atoms with van der Waals surface area (Å²) in [6, 6.07) is 25.3. The molecule has 0 aliphatic heterocycles. The fourth-order valence-corrected chi connectivity index (χ4v) is 3.89. The summed E-state index contributed by atoms with van der Waals surface area (Å²) in [5.41, 5.74) is 4.62. The van der Waals surface area contributed by atoms with Crippen molar-refractivity contribution in [3.05, 3.63) is 100.0 Å². The molecule has 0 radical (unpaired) electrons. The minimum atomic E-state index is 0.0872. The number of oxazole rings is 1. The monoisotopic (exact) mass is 530 g/mol. The Morgan fingerprint density at radius 1 is 0.853 bits per heavy atom. The van der Waals surface area contributed by atoms with Crippen LogP contribution in [0.25, 0.3) is 22.6 Å². The van der Waals surface area contributed by atoms with Crippen molar-refractivity contribution in [2.75, 3.05) is 0 Å². The van der Waals surface area contributed by atoms with E-state index < -0.39 is 0 Å². The van der Waals surface area contributed by atoms with Gasteiger partial charge in [-0.15, -0.1) is 0 Å². The summed E-state index contributed by atoms with van der Waals surface area (Å²) in [5.74, 6) is 0.614. The molecule has 0 amide bonds. The maximum absolute atomic E-state index is 10.2. The summed E-state index contributed by atoms with van der Waals surface area (Å²) in [6.45, 7) is 0. The number of azo groups is 1. The van der Waals surface area contributed by atoms with E-state index in [0.717, 1.165) is 10.0 Å². The maximum Gasteiger partial charge on any atom is 0.228 e. The minimum Gasteiger partial charge on any atom is -0.507 e. The van der Waals surface area contributed by atoms with Gasteiger partial charge in [-0.25, -0.2) is 4.98 Å². The summed E-state index contributed by atoms with van der Waals surface area (Å²) in [5, 5.41) is 19.2. The zero-order valence-electron chi connectivity index (χ0n) is 17.6. The molecule has 0 bridgehead atoms. The Morgan fingerprint density at radius 3 is 2.47 bits per heavy atom. The average Bonchev–Trinajstić information content (AvgIpc) is 3.26. The van der Waals surface area contributed by atoms with Gasteiger partial charge in [-0.3, -0.25) is 4.99 Å². The third kappa shape index (κ3) is 4.90. The van der Waals surface area contributed by atoms with Crippen LogP contribution in [0, 0.1) is 0 Å². The molecule has 4 aromatic carbocycles. The fraction of sp³-hybridized carbons (Fsp3) is 0. The van der Waals surface area contributed by atoms with Crippen molar-refractivity contribution in [2.24, 2.45) is 15.2 Å². The fourth-order valence-electron chi connectivity index (χ4n) is 3.25. The molecular weight excluding hydrogens is 516 g/mol. The van der Waals surface area contributed by atoms with E-state index in [2.05, 4.69) is 36.1 Å². The van der Waals surface area contributed by atoms with Crippen LogP contribution in [0.4, 0.5) is 17.1 Å². The van der Waals surface area contributed by atoms with Gasteiger partial charge in [0.2, 0.25) is 5.89 Å². The number of hydrogen-bond donors (Lipinski definition) is 1. The number of aliphatic imine (C=N–C) groups is 1. The van der Waals surface area contributed by atoms with Crippen LogP contribution in [-0.4, -0.2) is 16.3 Å². The average molecular weight is 532 g/mol. The Balaban J connectivity index is 1.39. The highest BCUT2D eigenvalue weighted by molar-refractivity contribution is 9.10. The summed E-state index contributed by atoms with van der Waals surface area (Å²) in [4.78, 5) is 9.09. The third-order valence-electron chi connectivity index (χ3n) is 4.93. The Hall–Kier alpha value is -3.81. The van der Waals surface area contributed by atoms with E-state index in [1.807, 2.05) is 42.5 Å². The van der Waals surface area contributed by atoms with Gasteiger partial charge < -0.3 is 9.52 Å². The van der Waals surface area contributed by atoms with E-state index in [-0.39, 0.29) is 5.75 Å². The largest absolute Gasteiger partial charge is 0.507 e. The van der Waals surface area contributed by atoms with Gasteiger partial charge in [0, 0.05) is 21.3 Å². The summed E-state index contributed by atoms with van der Waals surface area (Å²) < 4.78 is 6.80. The van der Waals surface area contributed by atoms with Gasteiger partial charge in [-0.05, 0) is 82.7 Å². The molecule has 0 aliphatic rings. The van der Waals surface area contributed by atoms with Gasteiger partial charge >= 0.3 is 0 Å². The zero-order chi connectivity index (χ0) is 23.5. The van der Waals surface area contributed by atoms with E-state index in [1.165, 1.54) is 0 Å². The number of fused-ring (bicyclic) bond motifs is 1. The lowest BCUT2D eigenvalue weighted by atomic mass is 10.2. The van der Waals surface area contributed by atoms with Crippen molar-refractivity contribution in [3.63, 3.8) is 0 Å². The second-order valence-electron chi connectivity index (χ2n) is 7.33. The lowest BCUT2D eigenvalue weighted by Gasteiger charge is -2.00. The normalized spacial score (nSPS) is 11.7. The Labute approximate surface area is 208 Å². The van der Waals surface area contributed by atoms with Crippen molar-refractivity contribution in [1.29, 1.82) is 0 Å². The van der Waals surface area contributed by atoms with E-state index in [1.54, 1.807) is 48.7 Å². The first kappa shape index (κ1) is 22.0. The highest BCUT2D eigenvalue weighted by Gasteiger charge is 2.11. The second kappa shape index (κ2) is 9.59. The molecule has 34 heavy (non-hydrogen) atoms. The summed E-state index contributed by atoms with van der Waals surface area (Å²) in [6.07, 6.45) is 1.57. The molecule has 0 fully saturated rings. The lowest BCUT2D eigenvalue weighted by Crippen LogP contribution is -1.82. The number of phenolic OH excluding ortho intramolecular Hbond substituents is 1. The third-order valence-corrected chi connectivity index (χ3v) is 5.85. The van der Waals surface area contributed by atoms with Crippen LogP contribution in [-0.2, 0) is 0 Å². The Bertz CT molecular complexity index is 1560. The molecule has 0 saturated heterocycles. The highest BCUT2D eigenvalue weighted by atomic mass is 79.9. The smallest absolute Gasteiger partial charge is 0.228 e. The lowest BCUT2D eigenvalue weighted by molar-refractivity contribution is 0.474. The zero-order valence-corrected chi connectivity index (χ0v) is 19.9. The summed E-state index contributed by atoms with van der Waals surface area (Å²) >= 11 is 9.51. The Kier molecular flexibility index (Phi) is 6.20. The molecule has 0 saturated carbocycles. The van der Waals surface area contributed by atoms with Gasteiger partial charge in [0.15, 0.2) is 5.58 Å². The van der Waals surface area contributed by atoms with Gasteiger partial charge in [-0.2, -0.15) is 10.2 Å². The molecule has 0 atom stereocenters. The quantitative estimate of drug-likeness (QED) is 0.182. The van der Waals surface area contributed by atoms with Crippen LogP contribution in [0.1, 0.15) is 5.56 Å². The molecule has 0 unspecified atom stereocenters. The molecule has 1 aromatic heterocycles. The van der Waals surface area contributed by atoms with Crippen LogP contribution in [0.5, 0.6) is 5.75 Å². The molecule has 8 heteroatoms. The number of phenols is 1. The predicted molar refractivity (Wildman–Crippen MR) is 138 cm³/mol. The number of halogens is 2. The molecule has 6 nitrogen and oxygen atoms in total. The summed E-state index contributed by atoms with van der Waals surface area (Å²) in [7, 11) is 0. The van der Waals surface area contributed by atoms with E-state index >= 15 is 0 Å². The number of hydrogen-bond acceptors (Lipinski definition) is 6.